The van der Waals surface area contributed by atoms with Gasteiger partial charge < -0.3 is 15.2 Å². The summed E-state index contributed by atoms with van der Waals surface area (Å²) in [6.45, 7) is 1.38. The Kier molecular flexibility index (Phi) is 2.45. The topological polar surface area (TPSA) is 44.5 Å². The van der Waals surface area contributed by atoms with Crippen LogP contribution in [0.25, 0.3) is 0 Å². The van der Waals surface area contributed by atoms with Crippen LogP contribution >= 0.6 is 0 Å². The van der Waals surface area contributed by atoms with Gasteiger partial charge in [0.1, 0.15) is 0 Å². The summed E-state index contributed by atoms with van der Waals surface area (Å²) in [4.78, 5) is 0. The van der Waals surface area contributed by atoms with Gasteiger partial charge in [-0.1, -0.05) is 0 Å². The van der Waals surface area contributed by atoms with Gasteiger partial charge in [-0.15, -0.1) is 0 Å². The Bertz CT molecular complexity index is 87.1. The summed E-state index contributed by atoms with van der Waals surface area (Å²) >= 11 is 0. The fraction of sp³-hybridized carbons (Fsp3) is 1.00. The van der Waals surface area contributed by atoms with Gasteiger partial charge in [0.05, 0.1) is 19.3 Å². The average molecular weight is 131 g/mol. The lowest BCUT2D eigenvalue weighted by molar-refractivity contribution is -0.0377. The molecule has 2 atom stereocenters. The minimum atomic E-state index is 0.170. The molecule has 0 aromatic rings. The molecule has 1 heterocycles. The Hall–Kier alpha value is -0.120. The van der Waals surface area contributed by atoms with Gasteiger partial charge in [0.15, 0.2) is 0 Å². The van der Waals surface area contributed by atoms with E-state index >= 15 is 0 Å². The van der Waals surface area contributed by atoms with Gasteiger partial charge in [0.25, 0.3) is 0 Å². The van der Waals surface area contributed by atoms with Crippen LogP contribution in [-0.2, 0) is 9.47 Å². The van der Waals surface area contributed by atoms with Crippen molar-refractivity contribution in [3.63, 3.8) is 0 Å². The molecule has 54 valence electrons. The molecule has 0 radical (unpaired) electrons. The van der Waals surface area contributed by atoms with Crippen LogP contribution in [0.15, 0.2) is 0 Å². The molecule has 9 heavy (non-hydrogen) atoms. The zero-order chi connectivity index (χ0) is 6.69. The predicted molar refractivity (Wildman–Crippen MR) is 34.2 cm³/mol. The lowest BCUT2D eigenvalue weighted by atomic mass is 10.1. The number of hydrogen-bond acceptors (Lipinski definition) is 3. The Labute approximate surface area is 55.1 Å². The highest BCUT2D eigenvalue weighted by atomic mass is 16.5. The van der Waals surface area contributed by atoms with Crippen LogP contribution in [-0.4, -0.2) is 32.5 Å². The third-order valence-electron chi connectivity index (χ3n) is 1.53. The van der Waals surface area contributed by atoms with Crippen molar-refractivity contribution in [2.45, 2.75) is 18.6 Å². The van der Waals surface area contributed by atoms with Crippen molar-refractivity contribution in [1.82, 2.24) is 0 Å². The van der Waals surface area contributed by atoms with Crippen molar-refractivity contribution in [3.8, 4) is 0 Å². The Morgan fingerprint density at radius 1 is 1.56 bits per heavy atom. The molecule has 2 N–H and O–H groups in total. The van der Waals surface area contributed by atoms with Crippen molar-refractivity contribution in [2.24, 2.45) is 5.73 Å². The first-order chi connectivity index (χ1) is 4.33. The maximum absolute atomic E-state index is 5.60. The highest BCUT2D eigenvalue weighted by molar-refractivity contribution is 4.72. The summed E-state index contributed by atoms with van der Waals surface area (Å²) in [5, 5.41) is 0. The number of methoxy groups -OCH3 is 1. The average Bonchev–Trinajstić information content (AvgIpc) is 1.88. The zero-order valence-electron chi connectivity index (χ0n) is 5.67. The standard InChI is InChI=1S/C6H13NO2/c1-8-6-2-5(7)3-9-4-6/h5-6H,2-4,7H2,1H3/t5-,6-/m1/s1. The van der Waals surface area contributed by atoms with Gasteiger partial charge in [0, 0.05) is 13.2 Å². The molecule has 0 bridgehead atoms. The quantitative estimate of drug-likeness (QED) is 0.533. The van der Waals surface area contributed by atoms with Gasteiger partial charge in [-0.2, -0.15) is 0 Å². The molecule has 1 aliphatic rings. The Morgan fingerprint density at radius 2 is 2.33 bits per heavy atom. The van der Waals surface area contributed by atoms with Crippen LogP contribution in [0.3, 0.4) is 0 Å². The fourth-order valence-electron chi connectivity index (χ4n) is 0.989. The molecular weight excluding hydrogens is 118 g/mol. The molecule has 1 rings (SSSR count). The summed E-state index contributed by atoms with van der Waals surface area (Å²) in [7, 11) is 1.69. The van der Waals surface area contributed by atoms with Crippen LogP contribution < -0.4 is 5.73 Å². The molecule has 1 aliphatic heterocycles. The molecule has 0 amide bonds. The maximum atomic E-state index is 5.60. The normalized spacial score (nSPS) is 36.7. The zero-order valence-corrected chi connectivity index (χ0v) is 5.67. The highest BCUT2D eigenvalue weighted by Gasteiger charge is 2.18. The largest absolute Gasteiger partial charge is 0.379 e. The van der Waals surface area contributed by atoms with E-state index in [1.165, 1.54) is 0 Å². The van der Waals surface area contributed by atoms with Crippen molar-refractivity contribution in [3.05, 3.63) is 0 Å². The SMILES string of the molecule is CO[C@H]1COC[C@H](N)C1. The van der Waals surface area contributed by atoms with E-state index < -0.39 is 0 Å². The third kappa shape index (κ3) is 1.93. The van der Waals surface area contributed by atoms with Gasteiger partial charge in [-0.3, -0.25) is 0 Å². The lowest BCUT2D eigenvalue weighted by Gasteiger charge is -2.25. The second kappa shape index (κ2) is 3.15. The number of hydrogen-bond donors (Lipinski definition) is 1. The van der Waals surface area contributed by atoms with Crippen LogP contribution in [0.2, 0.25) is 0 Å². The Morgan fingerprint density at radius 3 is 2.78 bits per heavy atom. The first-order valence-electron chi connectivity index (χ1n) is 3.19. The summed E-state index contributed by atoms with van der Waals surface area (Å²) in [6.07, 6.45) is 1.14. The second-order valence-electron chi connectivity index (χ2n) is 2.39. The smallest absolute Gasteiger partial charge is 0.0820 e. The molecule has 3 heteroatoms. The first-order valence-corrected chi connectivity index (χ1v) is 3.19. The summed E-state index contributed by atoms with van der Waals surface area (Å²) in [5.41, 5.74) is 5.60. The van der Waals surface area contributed by atoms with Crippen molar-refractivity contribution in [1.29, 1.82) is 0 Å². The predicted octanol–water partition coefficient (Wildman–Crippen LogP) is -0.251. The molecule has 3 nitrogen and oxygen atoms in total. The second-order valence-corrected chi connectivity index (χ2v) is 2.39. The van der Waals surface area contributed by atoms with Crippen LogP contribution in [0.5, 0.6) is 0 Å². The van der Waals surface area contributed by atoms with E-state index in [4.69, 9.17) is 15.2 Å². The summed E-state index contributed by atoms with van der Waals surface area (Å²) in [5.74, 6) is 0. The van der Waals surface area contributed by atoms with Gasteiger partial charge in [0.2, 0.25) is 0 Å². The van der Waals surface area contributed by atoms with E-state index in [9.17, 15) is 0 Å². The molecule has 0 saturated carbocycles. The molecule has 0 aliphatic carbocycles. The summed E-state index contributed by atoms with van der Waals surface area (Å²) in [6, 6.07) is 0.170. The van der Waals surface area contributed by atoms with Gasteiger partial charge in [-0.25, -0.2) is 0 Å². The molecule has 0 unspecified atom stereocenters. The monoisotopic (exact) mass is 131 g/mol. The first kappa shape index (κ1) is 6.99. The minimum Gasteiger partial charge on any atom is -0.379 e. The van der Waals surface area contributed by atoms with E-state index in [2.05, 4.69) is 0 Å². The molecule has 1 saturated heterocycles. The number of nitrogens with two attached hydrogens (primary N) is 1. The number of rotatable bonds is 1. The van der Waals surface area contributed by atoms with Crippen LogP contribution in [0.1, 0.15) is 6.42 Å². The highest BCUT2D eigenvalue weighted by Crippen LogP contribution is 2.07. The molecular formula is C6H13NO2. The van der Waals surface area contributed by atoms with Crippen molar-refractivity contribution >= 4 is 0 Å². The lowest BCUT2D eigenvalue weighted by Crippen LogP contribution is -2.39. The van der Waals surface area contributed by atoms with E-state index in [-0.39, 0.29) is 12.1 Å². The van der Waals surface area contributed by atoms with E-state index in [1.807, 2.05) is 0 Å². The van der Waals surface area contributed by atoms with Gasteiger partial charge >= 0.3 is 0 Å². The maximum Gasteiger partial charge on any atom is 0.0820 e. The van der Waals surface area contributed by atoms with E-state index in [0.717, 1.165) is 6.42 Å². The third-order valence-corrected chi connectivity index (χ3v) is 1.53. The summed E-state index contributed by atoms with van der Waals surface area (Å²) < 4.78 is 10.2. The fourth-order valence-corrected chi connectivity index (χ4v) is 0.989. The van der Waals surface area contributed by atoms with Crippen LogP contribution in [0.4, 0.5) is 0 Å². The molecule has 1 fully saturated rings. The van der Waals surface area contributed by atoms with E-state index in [0.29, 0.717) is 13.2 Å². The van der Waals surface area contributed by atoms with Crippen molar-refractivity contribution in [2.75, 3.05) is 20.3 Å². The van der Waals surface area contributed by atoms with Gasteiger partial charge in [-0.05, 0) is 6.42 Å². The number of ether oxygens (including phenoxy) is 2. The van der Waals surface area contributed by atoms with Crippen LogP contribution in [0, 0.1) is 0 Å². The molecule has 0 aromatic carbocycles. The minimum absolute atomic E-state index is 0.170. The van der Waals surface area contributed by atoms with Crippen molar-refractivity contribution < 1.29 is 9.47 Å². The van der Waals surface area contributed by atoms with E-state index in [1.54, 1.807) is 7.11 Å². The Balaban J connectivity index is 2.23. The molecule has 0 spiro atoms. The molecule has 0 aromatic heterocycles.